The third kappa shape index (κ3) is 3.16. The Morgan fingerprint density at radius 3 is 2.45 bits per heavy atom. The average molecular weight is 285 g/mol. The molecule has 7 heteroatoms. The summed E-state index contributed by atoms with van der Waals surface area (Å²) in [6.07, 6.45) is 0. The van der Waals surface area contributed by atoms with Crippen molar-refractivity contribution in [3.8, 4) is 0 Å². The molecular weight excluding hydrogens is 268 g/mol. The van der Waals surface area contributed by atoms with Crippen molar-refractivity contribution < 1.29 is 18.3 Å². The van der Waals surface area contributed by atoms with E-state index in [9.17, 15) is 13.6 Å². The van der Waals surface area contributed by atoms with Gasteiger partial charge < -0.3 is 20.7 Å². The lowest BCUT2D eigenvalue weighted by Crippen LogP contribution is -2.47. The number of ether oxygens (including phenoxy) is 1. The minimum absolute atomic E-state index is 0.00212. The van der Waals surface area contributed by atoms with E-state index in [1.165, 1.54) is 0 Å². The van der Waals surface area contributed by atoms with Crippen LogP contribution in [0.25, 0.3) is 0 Å². The first-order valence-corrected chi connectivity index (χ1v) is 6.36. The molecule has 1 aromatic carbocycles. The number of amides is 1. The maximum atomic E-state index is 13.6. The summed E-state index contributed by atoms with van der Waals surface area (Å²) in [5.74, 6) is -1.85. The van der Waals surface area contributed by atoms with E-state index < -0.39 is 17.7 Å². The average Bonchev–Trinajstić information content (AvgIpc) is 2.42. The summed E-state index contributed by atoms with van der Waals surface area (Å²) in [7, 11) is 0. The minimum atomic E-state index is -0.816. The topological polar surface area (TPSA) is 67.6 Å². The molecule has 0 bridgehead atoms. The van der Waals surface area contributed by atoms with Crippen molar-refractivity contribution in [3.05, 3.63) is 23.8 Å². The lowest BCUT2D eigenvalue weighted by atomic mass is 10.2. The second kappa shape index (κ2) is 6.04. The molecule has 0 aliphatic carbocycles. The Morgan fingerprint density at radius 2 is 1.90 bits per heavy atom. The van der Waals surface area contributed by atoms with Crippen LogP contribution in [0, 0.1) is 11.6 Å². The predicted octanol–water partition coefficient (Wildman–Crippen LogP) is 1.21. The van der Waals surface area contributed by atoms with Gasteiger partial charge in [0.15, 0.2) is 11.6 Å². The van der Waals surface area contributed by atoms with Crippen LogP contribution in [-0.4, -0.2) is 43.2 Å². The molecule has 1 unspecified atom stereocenters. The number of anilines is 2. The minimum Gasteiger partial charge on any atom is -0.399 e. The van der Waals surface area contributed by atoms with Crippen molar-refractivity contribution in [2.75, 3.05) is 37.4 Å². The second-order valence-corrected chi connectivity index (χ2v) is 4.66. The number of nitrogens with zero attached hydrogens (tertiary/aromatic N) is 1. The maximum absolute atomic E-state index is 13.6. The lowest BCUT2D eigenvalue weighted by Gasteiger charge is -2.29. The van der Waals surface area contributed by atoms with Crippen LogP contribution in [0.4, 0.5) is 20.2 Å². The number of nitrogens with one attached hydrogen (secondary N) is 1. The van der Waals surface area contributed by atoms with Crippen molar-refractivity contribution >= 4 is 17.3 Å². The molecule has 3 N–H and O–H groups in total. The number of nitrogen functional groups attached to an aromatic ring is 1. The van der Waals surface area contributed by atoms with E-state index in [0.29, 0.717) is 26.3 Å². The largest absolute Gasteiger partial charge is 0.399 e. The molecule has 1 amide bonds. The number of halogens is 2. The number of carbonyl (C=O) groups excluding carboxylic acids is 1. The number of rotatable bonds is 3. The Labute approximate surface area is 115 Å². The first-order chi connectivity index (χ1) is 9.49. The number of nitrogens with two attached hydrogens (primary N) is 1. The molecule has 0 spiro atoms. The van der Waals surface area contributed by atoms with Crippen LogP contribution in [0.2, 0.25) is 0 Å². The molecule has 5 nitrogen and oxygen atoms in total. The Balaban J connectivity index is 2.07. The fraction of sp³-hybridized carbons (Fsp3) is 0.462. The summed E-state index contributed by atoms with van der Waals surface area (Å²) in [6.45, 7) is 3.48. The van der Waals surface area contributed by atoms with Crippen LogP contribution in [-0.2, 0) is 9.53 Å². The number of carbonyl (C=O) groups is 1. The number of morpholine rings is 1. The lowest BCUT2D eigenvalue weighted by molar-refractivity contribution is -0.135. The molecule has 1 heterocycles. The molecule has 0 saturated carbocycles. The first kappa shape index (κ1) is 14.5. The van der Waals surface area contributed by atoms with Crippen LogP contribution < -0.4 is 11.1 Å². The second-order valence-electron chi connectivity index (χ2n) is 4.66. The van der Waals surface area contributed by atoms with E-state index in [2.05, 4.69) is 5.32 Å². The van der Waals surface area contributed by atoms with Crippen molar-refractivity contribution in [2.24, 2.45) is 0 Å². The quantitative estimate of drug-likeness (QED) is 0.819. The van der Waals surface area contributed by atoms with E-state index >= 15 is 0 Å². The molecule has 0 aromatic heterocycles. The van der Waals surface area contributed by atoms with Crippen LogP contribution >= 0.6 is 0 Å². The highest BCUT2D eigenvalue weighted by molar-refractivity contribution is 5.84. The smallest absolute Gasteiger partial charge is 0.244 e. The molecule has 1 atom stereocenters. The molecule has 20 heavy (non-hydrogen) atoms. The first-order valence-electron chi connectivity index (χ1n) is 6.36. The molecule has 0 radical (unpaired) electrons. The van der Waals surface area contributed by atoms with Gasteiger partial charge in [-0.1, -0.05) is 0 Å². The number of hydrogen-bond donors (Lipinski definition) is 2. The van der Waals surface area contributed by atoms with Gasteiger partial charge in [0, 0.05) is 18.8 Å². The predicted molar refractivity (Wildman–Crippen MR) is 71.3 cm³/mol. The van der Waals surface area contributed by atoms with E-state index in [1.807, 2.05) is 0 Å². The summed E-state index contributed by atoms with van der Waals surface area (Å²) in [5, 5.41) is 2.57. The normalized spacial score (nSPS) is 16.9. The van der Waals surface area contributed by atoms with Crippen LogP contribution in [0.3, 0.4) is 0 Å². The van der Waals surface area contributed by atoms with Gasteiger partial charge in [0.2, 0.25) is 5.91 Å². The zero-order valence-corrected chi connectivity index (χ0v) is 11.2. The standard InChI is InChI=1S/C13H17F2N3O2/c1-8(13(19)18-2-4-20-5-3-18)17-12-10(14)6-9(16)7-11(12)15/h6-8,17H,2-5,16H2,1H3. The van der Waals surface area contributed by atoms with Crippen LogP contribution in [0.5, 0.6) is 0 Å². The Morgan fingerprint density at radius 1 is 1.35 bits per heavy atom. The summed E-state index contributed by atoms with van der Waals surface area (Å²) in [5.41, 5.74) is 5.00. The molecule has 110 valence electrons. The van der Waals surface area contributed by atoms with Gasteiger partial charge in [0.1, 0.15) is 11.7 Å². The van der Waals surface area contributed by atoms with E-state index in [1.54, 1.807) is 11.8 Å². The van der Waals surface area contributed by atoms with Crippen molar-refractivity contribution in [2.45, 2.75) is 13.0 Å². The van der Waals surface area contributed by atoms with Gasteiger partial charge in [-0.25, -0.2) is 8.78 Å². The highest BCUT2D eigenvalue weighted by atomic mass is 19.1. The Hall–Kier alpha value is -1.89. The van der Waals surface area contributed by atoms with Gasteiger partial charge >= 0.3 is 0 Å². The van der Waals surface area contributed by atoms with E-state index in [0.717, 1.165) is 12.1 Å². The maximum Gasteiger partial charge on any atom is 0.244 e. The summed E-state index contributed by atoms with van der Waals surface area (Å²) < 4.78 is 32.5. The Kier molecular flexibility index (Phi) is 4.39. The van der Waals surface area contributed by atoms with Gasteiger partial charge in [0.25, 0.3) is 0 Å². The third-order valence-corrected chi connectivity index (χ3v) is 3.12. The summed E-state index contributed by atoms with van der Waals surface area (Å²) in [6, 6.07) is 1.29. The zero-order chi connectivity index (χ0) is 14.7. The van der Waals surface area contributed by atoms with Gasteiger partial charge in [-0.2, -0.15) is 0 Å². The highest BCUT2D eigenvalue weighted by Gasteiger charge is 2.24. The van der Waals surface area contributed by atoms with Gasteiger partial charge in [-0.3, -0.25) is 4.79 Å². The van der Waals surface area contributed by atoms with Gasteiger partial charge in [-0.05, 0) is 19.1 Å². The highest BCUT2D eigenvalue weighted by Crippen LogP contribution is 2.23. The molecule has 1 aromatic rings. The van der Waals surface area contributed by atoms with Crippen LogP contribution in [0.15, 0.2) is 12.1 Å². The molecule has 1 saturated heterocycles. The molecular formula is C13H17F2N3O2. The number of hydrogen-bond acceptors (Lipinski definition) is 4. The summed E-state index contributed by atoms with van der Waals surface area (Å²) >= 11 is 0. The van der Waals surface area contributed by atoms with E-state index in [-0.39, 0.29) is 17.3 Å². The van der Waals surface area contributed by atoms with Crippen molar-refractivity contribution in [3.63, 3.8) is 0 Å². The SMILES string of the molecule is CC(Nc1c(F)cc(N)cc1F)C(=O)N1CCOCC1. The molecule has 2 rings (SSSR count). The monoisotopic (exact) mass is 285 g/mol. The molecule has 1 aliphatic heterocycles. The fourth-order valence-electron chi connectivity index (χ4n) is 2.07. The molecule has 1 aliphatic rings. The number of benzene rings is 1. The fourth-order valence-corrected chi connectivity index (χ4v) is 2.07. The van der Waals surface area contributed by atoms with E-state index in [4.69, 9.17) is 10.5 Å². The van der Waals surface area contributed by atoms with Gasteiger partial charge in [0.05, 0.1) is 13.2 Å². The van der Waals surface area contributed by atoms with Crippen LogP contribution in [0.1, 0.15) is 6.92 Å². The van der Waals surface area contributed by atoms with Crippen molar-refractivity contribution in [1.82, 2.24) is 4.90 Å². The molecule has 1 fully saturated rings. The van der Waals surface area contributed by atoms with Crippen molar-refractivity contribution in [1.29, 1.82) is 0 Å². The summed E-state index contributed by atoms with van der Waals surface area (Å²) in [4.78, 5) is 13.7. The Bertz CT molecular complexity index is 481. The third-order valence-electron chi connectivity index (χ3n) is 3.12. The zero-order valence-electron chi connectivity index (χ0n) is 11.2. The van der Waals surface area contributed by atoms with Gasteiger partial charge in [-0.15, -0.1) is 0 Å².